The fraction of sp³-hybridized carbons (Fsp3) is 0.360. The third kappa shape index (κ3) is 4.72. The zero-order valence-corrected chi connectivity index (χ0v) is 20.6. The third-order valence-corrected chi connectivity index (χ3v) is 9.76. The molecule has 178 valence electrons. The normalized spacial score (nSPS) is 16.4. The standard InChI is InChI=1S/C25H26N2O5S2/c1-24(23(29)27-30,34(2,31)32)12-11-22-26-20-10-7-18(15-21(20)33-22)4-3-17-5-8-19(9-6-17)25(16-28)13-14-25/h5-10,15,28,30H,11-14,16H2,1-2H3,(H,27,29). The molecule has 1 heterocycles. The molecule has 7 nitrogen and oxygen atoms in total. The lowest BCUT2D eigenvalue weighted by molar-refractivity contribution is -0.131. The third-order valence-electron chi connectivity index (χ3n) is 6.65. The van der Waals surface area contributed by atoms with Gasteiger partial charge in [0, 0.05) is 29.2 Å². The summed E-state index contributed by atoms with van der Waals surface area (Å²) in [5.74, 6) is 5.38. The van der Waals surface area contributed by atoms with Crippen LogP contribution in [0.4, 0.5) is 0 Å². The molecular weight excluding hydrogens is 472 g/mol. The number of aryl methyl sites for hydroxylation is 1. The van der Waals surface area contributed by atoms with Gasteiger partial charge in [0.25, 0.3) is 5.91 Å². The van der Waals surface area contributed by atoms with Crippen molar-refractivity contribution in [2.24, 2.45) is 0 Å². The molecule has 9 heteroatoms. The molecule has 0 bridgehead atoms. The highest BCUT2D eigenvalue weighted by atomic mass is 32.2. The van der Waals surface area contributed by atoms with Crippen molar-refractivity contribution in [1.82, 2.24) is 10.5 Å². The molecule has 4 rings (SSSR count). The van der Waals surface area contributed by atoms with Crippen molar-refractivity contribution >= 4 is 37.3 Å². The first-order valence-electron chi connectivity index (χ1n) is 10.9. The molecule has 3 aromatic rings. The summed E-state index contributed by atoms with van der Waals surface area (Å²) in [6.07, 6.45) is 3.30. The number of thiazole rings is 1. The molecule has 1 aromatic heterocycles. The minimum atomic E-state index is -3.75. The molecule has 0 aliphatic heterocycles. The number of hydrogen-bond acceptors (Lipinski definition) is 7. The summed E-state index contributed by atoms with van der Waals surface area (Å²) in [5.41, 5.74) is 5.07. The SMILES string of the molecule is CC(CCc1nc2ccc(C#Cc3ccc(C4(CO)CC4)cc3)cc2s1)(C(=O)NO)S(C)(=O)=O. The molecule has 1 saturated carbocycles. The molecule has 0 radical (unpaired) electrons. The van der Waals surface area contributed by atoms with Gasteiger partial charge in [0.1, 0.15) is 4.75 Å². The summed E-state index contributed by atoms with van der Waals surface area (Å²) in [6, 6.07) is 13.7. The fourth-order valence-corrected chi connectivity index (χ4v) is 5.69. The molecular formula is C25H26N2O5S2. The monoisotopic (exact) mass is 498 g/mol. The Morgan fingerprint density at radius 3 is 2.41 bits per heavy atom. The highest BCUT2D eigenvalue weighted by molar-refractivity contribution is 7.92. The number of benzene rings is 2. The summed E-state index contributed by atoms with van der Waals surface area (Å²) >= 11 is 1.43. The lowest BCUT2D eigenvalue weighted by Gasteiger charge is -2.24. The summed E-state index contributed by atoms with van der Waals surface area (Å²) in [5, 5.41) is 19.3. The zero-order valence-electron chi connectivity index (χ0n) is 19.0. The summed E-state index contributed by atoms with van der Waals surface area (Å²) < 4.78 is 23.5. The van der Waals surface area contributed by atoms with Gasteiger partial charge in [-0.25, -0.2) is 18.9 Å². The van der Waals surface area contributed by atoms with E-state index in [4.69, 9.17) is 5.21 Å². The Balaban J connectivity index is 1.49. The van der Waals surface area contributed by atoms with E-state index in [1.54, 1.807) is 0 Å². The minimum absolute atomic E-state index is 0.00171. The Morgan fingerprint density at radius 2 is 1.82 bits per heavy atom. The number of hydrogen-bond donors (Lipinski definition) is 3. The number of fused-ring (bicyclic) bond motifs is 1. The van der Waals surface area contributed by atoms with Crippen molar-refractivity contribution in [2.75, 3.05) is 12.9 Å². The Kier molecular flexibility index (Phi) is 6.53. The van der Waals surface area contributed by atoms with Gasteiger partial charge in [-0.3, -0.25) is 10.0 Å². The number of aliphatic hydroxyl groups excluding tert-OH is 1. The molecule has 1 amide bonds. The van der Waals surface area contributed by atoms with Crippen molar-refractivity contribution in [1.29, 1.82) is 0 Å². The molecule has 1 unspecified atom stereocenters. The van der Waals surface area contributed by atoms with Crippen molar-refractivity contribution in [2.45, 2.75) is 42.8 Å². The van der Waals surface area contributed by atoms with Crippen LogP contribution in [0, 0.1) is 11.8 Å². The number of nitrogens with one attached hydrogen (secondary N) is 1. The predicted octanol–water partition coefficient (Wildman–Crippen LogP) is 2.96. The highest BCUT2D eigenvalue weighted by Gasteiger charge is 2.44. The molecule has 1 aliphatic carbocycles. The van der Waals surface area contributed by atoms with Gasteiger partial charge in [-0.15, -0.1) is 11.3 Å². The van der Waals surface area contributed by atoms with E-state index in [1.807, 2.05) is 42.5 Å². The van der Waals surface area contributed by atoms with Crippen LogP contribution in [-0.4, -0.2) is 47.2 Å². The number of aromatic nitrogens is 1. The molecule has 1 atom stereocenters. The van der Waals surface area contributed by atoms with Crippen LogP contribution < -0.4 is 5.48 Å². The van der Waals surface area contributed by atoms with Crippen molar-refractivity contribution in [3.63, 3.8) is 0 Å². The van der Waals surface area contributed by atoms with E-state index in [1.165, 1.54) is 23.7 Å². The smallest absolute Gasteiger partial charge is 0.264 e. The van der Waals surface area contributed by atoms with Crippen LogP contribution >= 0.6 is 11.3 Å². The first-order chi connectivity index (χ1) is 16.1. The number of nitrogens with zero attached hydrogens (tertiary/aromatic N) is 1. The summed E-state index contributed by atoms with van der Waals surface area (Å²) in [4.78, 5) is 16.6. The van der Waals surface area contributed by atoms with E-state index in [9.17, 15) is 18.3 Å². The van der Waals surface area contributed by atoms with Crippen LogP contribution in [0.5, 0.6) is 0 Å². The van der Waals surface area contributed by atoms with Crippen molar-refractivity contribution in [3.05, 3.63) is 64.2 Å². The second-order valence-electron chi connectivity index (χ2n) is 9.00. The number of aliphatic hydroxyl groups is 1. The van der Waals surface area contributed by atoms with Crippen LogP contribution in [0.15, 0.2) is 42.5 Å². The van der Waals surface area contributed by atoms with Gasteiger partial charge in [-0.1, -0.05) is 24.0 Å². The van der Waals surface area contributed by atoms with Crippen LogP contribution in [0.25, 0.3) is 10.2 Å². The molecule has 2 aromatic carbocycles. The van der Waals surface area contributed by atoms with Crippen LogP contribution in [-0.2, 0) is 26.5 Å². The van der Waals surface area contributed by atoms with Crippen LogP contribution in [0.3, 0.4) is 0 Å². The van der Waals surface area contributed by atoms with Crippen molar-refractivity contribution in [3.8, 4) is 11.8 Å². The van der Waals surface area contributed by atoms with Crippen LogP contribution in [0.1, 0.15) is 47.9 Å². The Labute approximate surface area is 202 Å². The molecule has 1 aliphatic rings. The average Bonchev–Trinajstić information content (AvgIpc) is 3.52. The summed E-state index contributed by atoms with van der Waals surface area (Å²) in [6.45, 7) is 1.48. The number of amides is 1. The Bertz CT molecular complexity index is 1400. The molecule has 0 spiro atoms. The molecule has 0 saturated heterocycles. The molecule has 3 N–H and O–H groups in total. The number of hydroxylamine groups is 1. The second kappa shape index (κ2) is 9.12. The largest absolute Gasteiger partial charge is 0.395 e. The maximum absolute atomic E-state index is 12.2. The van der Waals surface area contributed by atoms with E-state index >= 15 is 0 Å². The lowest BCUT2D eigenvalue weighted by Crippen LogP contribution is -2.49. The van der Waals surface area contributed by atoms with Crippen molar-refractivity contribution < 1.29 is 23.5 Å². The maximum Gasteiger partial charge on any atom is 0.264 e. The van der Waals surface area contributed by atoms with E-state index in [0.717, 1.165) is 46.0 Å². The van der Waals surface area contributed by atoms with Crippen LogP contribution in [0.2, 0.25) is 0 Å². The van der Waals surface area contributed by atoms with Gasteiger partial charge in [0.15, 0.2) is 9.84 Å². The van der Waals surface area contributed by atoms with Gasteiger partial charge >= 0.3 is 0 Å². The van der Waals surface area contributed by atoms with E-state index in [-0.39, 0.29) is 24.9 Å². The average molecular weight is 499 g/mol. The Hall–Kier alpha value is -2.77. The van der Waals surface area contributed by atoms with Gasteiger partial charge in [0.05, 0.1) is 21.8 Å². The highest BCUT2D eigenvalue weighted by Crippen LogP contribution is 2.47. The van der Waals surface area contributed by atoms with Gasteiger partial charge in [-0.05, 0) is 62.1 Å². The van der Waals surface area contributed by atoms with Gasteiger partial charge in [-0.2, -0.15) is 0 Å². The van der Waals surface area contributed by atoms with E-state index < -0.39 is 20.5 Å². The lowest BCUT2D eigenvalue weighted by atomic mass is 9.96. The minimum Gasteiger partial charge on any atom is -0.395 e. The number of rotatable bonds is 7. The number of carbonyl (C=O) groups excluding carboxylic acids is 1. The number of sulfone groups is 1. The van der Waals surface area contributed by atoms with Gasteiger partial charge < -0.3 is 5.11 Å². The second-order valence-corrected chi connectivity index (χ2v) is 12.6. The topological polar surface area (TPSA) is 117 Å². The number of carbonyl (C=O) groups is 1. The Morgan fingerprint density at radius 1 is 1.18 bits per heavy atom. The molecule has 34 heavy (non-hydrogen) atoms. The van der Waals surface area contributed by atoms with Gasteiger partial charge in [0.2, 0.25) is 0 Å². The predicted molar refractivity (Wildman–Crippen MR) is 132 cm³/mol. The summed E-state index contributed by atoms with van der Waals surface area (Å²) in [7, 11) is -3.75. The zero-order chi connectivity index (χ0) is 24.6. The molecule has 1 fully saturated rings. The van der Waals surface area contributed by atoms with E-state index in [2.05, 4.69) is 16.8 Å². The quantitative estimate of drug-likeness (QED) is 0.262. The first-order valence-corrected chi connectivity index (χ1v) is 13.6. The maximum atomic E-state index is 12.2. The first kappa shape index (κ1) is 24.4. The van der Waals surface area contributed by atoms with E-state index in [0.29, 0.717) is 5.01 Å². The fourth-order valence-electron chi connectivity index (χ4n) is 3.83.